The van der Waals surface area contributed by atoms with Gasteiger partial charge in [-0.05, 0) is 68.1 Å². The van der Waals surface area contributed by atoms with Gasteiger partial charge >= 0.3 is 0 Å². The first-order valence-corrected chi connectivity index (χ1v) is 8.72. The number of carbonyl (C=O) groups is 1. The lowest BCUT2D eigenvalue weighted by atomic mass is 9.40. The second-order valence-corrected chi connectivity index (χ2v) is 9.37. The van der Waals surface area contributed by atoms with Gasteiger partial charge in [-0.1, -0.05) is 26.7 Å². The maximum Gasteiger partial charge on any atom is 0.226 e. The molecular formula is C18H29NO. The Morgan fingerprint density at radius 2 is 1.55 bits per heavy atom. The van der Waals surface area contributed by atoms with Crippen molar-refractivity contribution in [1.82, 2.24) is 5.32 Å². The standard InChI is InChI=1S/C18H29NO/c1-16-7-13-8-17(2,10-16)12-18(9-13,11-16)15(20)19-14-5-3-4-6-14/h13-14H,3-12H2,1-2H3,(H,19,20)/t13?,16-,17-,18?/m1/s1. The van der Waals surface area contributed by atoms with E-state index in [0.717, 1.165) is 18.8 Å². The topological polar surface area (TPSA) is 29.1 Å². The molecule has 0 aliphatic heterocycles. The van der Waals surface area contributed by atoms with Crippen LogP contribution in [0.1, 0.15) is 78.1 Å². The quantitative estimate of drug-likeness (QED) is 0.809. The molecule has 4 bridgehead atoms. The summed E-state index contributed by atoms with van der Waals surface area (Å²) in [5.41, 5.74) is 0.883. The van der Waals surface area contributed by atoms with Gasteiger partial charge in [-0.25, -0.2) is 0 Å². The van der Waals surface area contributed by atoms with Crippen molar-refractivity contribution in [3.63, 3.8) is 0 Å². The molecule has 0 unspecified atom stereocenters. The Balaban J connectivity index is 1.58. The molecular weight excluding hydrogens is 246 g/mol. The summed E-state index contributed by atoms with van der Waals surface area (Å²) in [6, 6.07) is 0.483. The summed E-state index contributed by atoms with van der Waals surface area (Å²) in [6.45, 7) is 4.90. The van der Waals surface area contributed by atoms with Crippen LogP contribution >= 0.6 is 0 Å². The van der Waals surface area contributed by atoms with Gasteiger partial charge in [0.2, 0.25) is 5.91 Å². The lowest BCUT2D eigenvalue weighted by molar-refractivity contribution is -0.170. The molecule has 20 heavy (non-hydrogen) atoms. The number of hydrogen-bond acceptors (Lipinski definition) is 1. The van der Waals surface area contributed by atoms with E-state index in [0.29, 0.717) is 22.8 Å². The van der Waals surface area contributed by atoms with E-state index in [2.05, 4.69) is 19.2 Å². The number of hydrogen-bond donors (Lipinski definition) is 1. The summed E-state index contributed by atoms with van der Waals surface area (Å²) in [4.78, 5) is 13.0. The van der Waals surface area contributed by atoms with E-state index in [4.69, 9.17) is 0 Å². The SMILES string of the molecule is C[C@]12CC3CC(C(=O)NC4CCCC4)(C1)C[C@](C)(C3)C2. The van der Waals surface area contributed by atoms with Gasteiger partial charge in [-0.15, -0.1) is 0 Å². The van der Waals surface area contributed by atoms with Crippen LogP contribution in [-0.4, -0.2) is 11.9 Å². The lowest BCUT2D eigenvalue weighted by Crippen LogP contribution is -2.60. The van der Waals surface area contributed by atoms with E-state index in [-0.39, 0.29) is 5.41 Å². The molecule has 5 aliphatic rings. The molecule has 5 rings (SSSR count). The summed E-state index contributed by atoms with van der Waals surface area (Å²) in [5, 5.41) is 3.43. The fourth-order valence-electron chi connectivity index (χ4n) is 7.11. The van der Waals surface area contributed by atoms with Crippen LogP contribution in [0.4, 0.5) is 0 Å². The summed E-state index contributed by atoms with van der Waals surface area (Å²) in [6.07, 6.45) is 12.6. The van der Waals surface area contributed by atoms with Gasteiger partial charge in [-0.3, -0.25) is 4.79 Å². The summed E-state index contributed by atoms with van der Waals surface area (Å²) in [5.74, 6) is 1.24. The molecule has 0 radical (unpaired) electrons. The van der Waals surface area contributed by atoms with Gasteiger partial charge in [0.25, 0.3) is 0 Å². The molecule has 2 nitrogen and oxygen atoms in total. The number of carbonyl (C=O) groups excluding carboxylic acids is 1. The van der Waals surface area contributed by atoms with Crippen LogP contribution in [0.15, 0.2) is 0 Å². The number of amides is 1. The number of rotatable bonds is 2. The van der Waals surface area contributed by atoms with E-state index < -0.39 is 0 Å². The zero-order valence-corrected chi connectivity index (χ0v) is 13.1. The highest BCUT2D eigenvalue weighted by atomic mass is 16.2. The van der Waals surface area contributed by atoms with E-state index in [1.807, 2.05) is 0 Å². The van der Waals surface area contributed by atoms with E-state index in [9.17, 15) is 4.79 Å². The first-order chi connectivity index (χ1) is 9.41. The van der Waals surface area contributed by atoms with Crippen molar-refractivity contribution in [2.24, 2.45) is 22.2 Å². The van der Waals surface area contributed by atoms with Crippen LogP contribution in [0, 0.1) is 22.2 Å². The molecule has 5 fully saturated rings. The van der Waals surface area contributed by atoms with E-state index in [1.54, 1.807) is 0 Å². The molecule has 0 heterocycles. The fourth-order valence-corrected chi connectivity index (χ4v) is 7.11. The van der Waals surface area contributed by atoms with Crippen molar-refractivity contribution < 1.29 is 4.79 Å². The third kappa shape index (κ3) is 1.94. The molecule has 112 valence electrons. The van der Waals surface area contributed by atoms with Crippen LogP contribution < -0.4 is 5.32 Å². The van der Waals surface area contributed by atoms with Crippen molar-refractivity contribution in [3.8, 4) is 0 Å². The fraction of sp³-hybridized carbons (Fsp3) is 0.944. The predicted octanol–water partition coefficient (Wildman–Crippen LogP) is 4.04. The van der Waals surface area contributed by atoms with E-state index >= 15 is 0 Å². The minimum atomic E-state index is -0.00843. The van der Waals surface area contributed by atoms with Crippen molar-refractivity contribution in [1.29, 1.82) is 0 Å². The van der Waals surface area contributed by atoms with Crippen LogP contribution in [-0.2, 0) is 4.79 Å². The van der Waals surface area contributed by atoms with Gasteiger partial charge in [0.1, 0.15) is 0 Å². The Morgan fingerprint density at radius 1 is 0.950 bits per heavy atom. The van der Waals surface area contributed by atoms with Gasteiger partial charge in [-0.2, -0.15) is 0 Å². The minimum absolute atomic E-state index is 0.00843. The van der Waals surface area contributed by atoms with Gasteiger partial charge in [0, 0.05) is 6.04 Å². The van der Waals surface area contributed by atoms with Crippen LogP contribution in [0.5, 0.6) is 0 Å². The van der Waals surface area contributed by atoms with Crippen LogP contribution in [0.3, 0.4) is 0 Å². The zero-order valence-electron chi connectivity index (χ0n) is 13.1. The third-order valence-corrected chi connectivity index (χ3v) is 6.80. The minimum Gasteiger partial charge on any atom is -0.353 e. The highest BCUT2D eigenvalue weighted by Crippen LogP contribution is 2.69. The summed E-state index contributed by atoms with van der Waals surface area (Å²) < 4.78 is 0. The molecule has 0 saturated heterocycles. The number of nitrogens with one attached hydrogen (secondary N) is 1. The lowest BCUT2D eigenvalue weighted by Gasteiger charge is -2.64. The molecule has 0 aromatic rings. The van der Waals surface area contributed by atoms with E-state index in [1.165, 1.54) is 51.4 Å². The first-order valence-electron chi connectivity index (χ1n) is 8.72. The zero-order chi connectivity index (χ0) is 14.0. The van der Waals surface area contributed by atoms with Crippen molar-refractivity contribution in [3.05, 3.63) is 0 Å². The third-order valence-electron chi connectivity index (χ3n) is 6.80. The van der Waals surface area contributed by atoms with Crippen molar-refractivity contribution >= 4 is 5.91 Å². The van der Waals surface area contributed by atoms with Gasteiger partial charge in [0.15, 0.2) is 0 Å². The largest absolute Gasteiger partial charge is 0.353 e. The molecule has 1 amide bonds. The van der Waals surface area contributed by atoms with Gasteiger partial charge < -0.3 is 5.32 Å². The monoisotopic (exact) mass is 275 g/mol. The Labute approximate surface area is 123 Å². The first kappa shape index (κ1) is 13.2. The Morgan fingerprint density at radius 3 is 2.10 bits per heavy atom. The Kier molecular flexibility index (Phi) is 2.64. The maximum atomic E-state index is 13.0. The molecule has 0 aromatic carbocycles. The molecule has 1 N–H and O–H groups in total. The van der Waals surface area contributed by atoms with Gasteiger partial charge in [0.05, 0.1) is 5.41 Å². The average molecular weight is 275 g/mol. The van der Waals surface area contributed by atoms with Crippen LogP contribution in [0.25, 0.3) is 0 Å². The normalized spacial score (nSPS) is 50.6. The highest BCUT2D eigenvalue weighted by molar-refractivity contribution is 5.83. The summed E-state index contributed by atoms with van der Waals surface area (Å²) >= 11 is 0. The Bertz CT molecular complexity index is 419. The maximum absolute atomic E-state index is 13.0. The highest BCUT2D eigenvalue weighted by Gasteiger charge is 2.62. The van der Waals surface area contributed by atoms with Crippen molar-refractivity contribution in [2.75, 3.05) is 0 Å². The predicted molar refractivity (Wildman–Crippen MR) is 80.2 cm³/mol. The van der Waals surface area contributed by atoms with Crippen LogP contribution in [0.2, 0.25) is 0 Å². The molecule has 5 aliphatic carbocycles. The second kappa shape index (κ2) is 4.01. The molecule has 0 spiro atoms. The van der Waals surface area contributed by atoms with Crippen molar-refractivity contribution in [2.45, 2.75) is 84.1 Å². The smallest absolute Gasteiger partial charge is 0.226 e. The average Bonchev–Trinajstić information content (AvgIpc) is 2.76. The molecule has 0 aromatic heterocycles. The molecule has 2 atom stereocenters. The summed E-state index contributed by atoms with van der Waals surface area (Å²) in [7, 11) is 0. The molecule has 5 saturated carbocycles. The Hall–Kier alpha value is -0.530. The second-order valence-electron chi connectivity index (χ2n) is 9.37. The molecule has 2 heteroatoms.